The number of aromatic nitrogens is 1. The highest BCUT2D eigenvalue weighted by Crippen LogP contribution is 2.33. The van der Waals surface area contributed by atoms with E-state index in [4.69, 9.17) is 21.1 Å². The van der Waals surface area contributed by atoms with Gasteiger partial charge in [0, 0.05) is 10.9 Å². The molecule has 1 aromatic carbocycles. The number of hydrogen-bond donors (Lipinski definition) is 0. The van der Waals surface area contributed by atoms with Gasteiger partial charge in [-0.3, -0.25) is 0 Å². The van der Waals surface area contributed by atoms with Crippen LogP contribution in [0.5, 0.6) is 0 Å². The van der Waals surface area contributed by atoms with Crippen LogP contribution in [0.2, 0.25) is 5.15 Å². The number of halogens is 1. The summed E-state index contributed by atoms with van der Waals surface area (Å²) in [5.41, 5.74) is 2.98. The minimum Gasteiger partial charge on any atom is -0.346 e. The maximum Gasteiger partial charge on any atom is 0.187 e. The molecule has 100 valence electrons. The molecule has 1 aromatic heterocycles. The van der Waals surface area contributed by atoms with Gasteiger partial charge in [-0.1, -0.05) is 43.6 Å². The Hall–Kier alpha value is -1.16. The van der Waals surface area contributed by atoms with Gasteiger partial charge in [0.15, 0.2) is 6.29 Å². The first kappa shape index (κ1) is 12.9. The zero-order chi connectivity index (χ0) is 13.4. The lowest BCUT2D eigenvalue weighted by atomic mass is 9.99. The van der Waals surface area contributed by atoms with E-state index >= 15 is 0 Å². The molecule has 0 radical (unpaired) electrons. The first-order chi connectivity index (χ1) is 9.16. The minimum atomic E-state index is -0.382. The van der Waals surface area contributed by atoms with Crippen LogP contribution in [0.25, 0.3) is 10.9 Å². The van der Waals surface area contributed by atoms with E-state index < -0.39 is 0 Å². The van der Waals surface area contributed by atoms with Crippen molar-refractivity contribution in [1.82, 2.24) is 4.98 Å². The zero-order valence-corrected chi connectivity index (χ0v) is 11.8. The van der Waals surface area contributed by atoms with E-state index in [9.17, 15) is 0 Å². The summed E-state index contributed by atoms with van der Waals surface area (Å²) in [6, 6.07) is 8.21. The van der Waals surface area contributed by atoms with Crippen LogP contribution >= 0.6 is 11.6 Å². The minimum absolute atomic E-state index is 0.382. The van der Waals surface area contributed by atoms with Crippen LogP contribution in [0.15, 0.2) is 24.3 Å². The Bertz CT molecular complexity index is 606. The molecule has 4 heteroatoms. The van der Waals surface area contributed by atoms with Crippen LogP contribution in [0.4, 0.5) is 0 Å². The van der Waals surface area contributed by atoms with Crippen molar-refractivity contribution in [3.05, 3.63) is 40.5 Å². The van der Waals surface area contributed by atoms with E-state index in [1.54, 1.807) is 0 Å². The Morgan fingerprint density at radius 3 is 2.68 bits per heavy atom. The fourth-order valence-corrected chi connectivity index (χ4v) is 2.61. The quantitative estimate of drug-likeness (QED) is 0.776. The van der Waals surface area contributed by atoms with E-state index in [2.05, 4.69) is 24.9 Å². The molecule has 0 aliphatic carbocycles. The van der Waals surface area contributed by atoms with E-state index in [0.717, 1.165) is 16.5 Å². The van der Waals surface area contributed by atoms with E-state index in [1.165, 1.54) is 5.56 Å². The second kappa shape index (κ2) is 5.08. The molecule has 0 unspecified atom stereocenters. The van der Waals surface area contributed by atoms with Gasteiger partial charge >= 0.3 is 0 Å². The lowest BCUT2D eigenvalue weighted by Crippen LogP contribution is -2.02. The SMILES string of the molecule is CC(C)c1cccc2cc(C3OCCO3)c(Cl)nc12. The standard InChI is InChI=1S/C15H16ClNO2/c1-9(2)11-5-3-4-10-8-12(14(16)17-13(10)11)15-18-6-7-19-15/h3-5,8-9,15H,6-7H2,1-2H3. The van der Waals surface area contributed by atoms with Gasteiger partial charge in [0.2, 0.25) is 0 Å². The van der Waals surface area contributed by atoms with Crippen molar-refractivity contribution in [2.45, 2.75) is 26.1 Å². The van der Waals surface area contributed by atoms with Crippen molar-refractivity contribution < 1.29 is 9.47 Å². The monoisotopic (exact) mass is 277 g/mol. The third kappa shape index (κ3) is 2.34. The van der Waals surface area contributed by atoms with Crippen molar-refractivity contribution in [3.63, 3.8) is 0 Å². The predicted octanol–water partition coefficient (Wildman–Crippen LogP) is 4.06. The summed E-state index contributed by atoms with van der Waals surface area (Å²) in [7, 11) is 0. The van der Waals surface area contributed by atoms with Crippen molar-refractivity contribution in [3.8, 4) is 0 Å². The summed E-state index contributed by atoms with van der Waals surface area (Å²) in [4.78, 5) is 4.55. The van der Waals surface area contributed by atoms with Gasteiger partial charge in [0.25, 0.3) is 0 Å². The predicted molar refractivity (Wildman–Crippen MR) is 75.5 cm³/mol. The molecule has 0 amide bonds. The molecule has 0 saturated carbocycles. The number of para-hydroxylation sites is 1. The molecule has 2 heterocycles. The highest BCUT2D eigenvalue weighted by molar-refractivity contribution is 6.30. The summed E-state index contributed by atoms with van der Waals surface area (Å²) < 4.78 is 11.0. The summed E-state index contributed by atoms with van der Waals surface area (Å²) in [6.07, 6.45) is -0.382. The molecule has 1 aliphatic rings. The normalized spacial score (nSPS) is 16.6. The maximum atomic E-state index is 6.29. The highest BCUT2D eigenvalue weighted by Gasteiger charge is 2.22. The number of benzene rings is 1. The Morgan fingerprint density at radius 1 is 1.26 bits per heavy atom. The molecule has 2 aromatic rings. The average Bonchev–Trinajstić information content (AvgIpc) is 2.90. The molecular weight excluding hydrogens is 262 g/mol. The average molecular weight is 278 g/mol. The summed E-state index contributed by atoms with van der Waals surface area (Å²) in [5.74, 6) is 0.414. The van der Waals surface area contributed by atoms with Crippen LogP contribution in [-0.2, 0) is 9.47 Å². The van der Waals surface area contributed by atoms with Gasteiger partial charge in [-0.15, -0.1) is 0 Å². The van der Waals surface area contributed by atoms with Crippen LogP contribution in [0.3, 0.4) is 0 Å². The number of ether oxygens (including phenoxy) is 2. The van der Waals surface area contributed by atoms with E-state index in [-0.39, 0.29) is 6.29 Å². The number of hydrogen-bond acceptors (Lipinski definition) is 3. The number of nitrogens with zero attached hydrogens (tertiary/aromatic N) is 1. The third-order valence-corrected chi connectivity index (χ3v) is 3.66. The van der Waals surface area contributed by atoms with Gasteiger partial charge in [0.1, 0.15) is 5.15 Å². The van der Waals surface area contributed by atoms with Gasteiger partial charge in [-0.2, -0.15) is 0 Å². The second-order valence-electron chi connectivity index (χ2n) is 5.02. The molecule has 19 heavy (non-hydrogen) atoms. The fourth-order valence-electron chi connectivity index (χ4n) is 2.38. The Labute approximate surface area is 117 Å². The Kier molecular flexibility index (Phi) is 3.44. The van der Waals surface area contributed by atoms with Crippen LogP contribution in [0, 0.1) is 0 Å². The smallest absolute Gasteiger partial charge is 0.187 e. The zero-order valence-electron chi connectivity index (χ0n) is 11.0. The van der Waals surface area contributed by atoms with Crippen molar-refractivity contribution >= 4 is 22.5 Å². The molecule has 0 spiro atoms. The van der Waals surface area contributed by atoms with Gasteiger partial charge in [-0.05, 0) is 17.5 Å². The number of pyridine rings is 1. The first-order valence-electron chi connectivity index (χ1n) is 6.49. The molecule has 3 rings (SSSR count). The van der Waals surface area contributed by atoms with Crippen molar-refractivity contribution in [2.75, 3.05) is 13.2 Å². The van der Waals surface area contributed by atoms with E-state index in [0.29, 0.717) is 24.3 Å². The largest absolute Gasteiger partial charge is 0.346 e. The van der Waals surface area contributed by atoms with Gasteiger partial charge in [0.05, 0.1) is 18.7 Å². The molecule has 0 N–H and O–H groups in total. The highest BCUT2D eigenvalue weighted by atomic mass is 35.5. The summed E-state index contributed by atoms with van der Waals surface area (Å²) in [6.45, 7) is 5.51. The lowest BCUT2D eigenvalue weighted by molar-refractivity contribution is -0.0441. The van der Waals surface area contributed by atoms with Crippen LogP contribution in [0.1, 0.15) is 37.2 Å². The summed E-state index contributed by atoms with van der Waals surface area (Å²) in [5, 5.41) is 1.54. The molecule has 1 aliphatic heterocycles. The molecule has 1 saturated heterocycles. The second-order valence-corrected chi connectivity index (χ2v) is 5.37. The topological polar surface area (TPSA) is 31.4 Å². The van der Waals surface area contributed by atoms with Crippen LogP contribution in [-0.4, -0.2) is 18.2 Å². The molecule has 1 fully saturated rings. The molecule has 3 nitrogen and oxygen atoms in total. The molecule has 0 bridgehead atoms. The first-order valence-corrected chi connectivity index (χ1v) is 6.87. The third-order valence-electron chi connectivity index (χ3n) is 3.36. The van der Waals surface area contributed by atoms with Gasteiger partial charge < -0.3 is 9.47 Å². The fraction of sp³-hybridized carbons (Fsp3) is 0.400. The Balaban J connectivity index is 2.15. The van der Waals surface area contributed by atoms with Crippen LogP contribution < -0.4 is 0 Å². The maximum absolute atomic E-state index is 6.29. The number of rotatable bonds is 2. The Morgan fingerprint density at radius 2 is 2.00 bits per heavy atom. The van der Waals surface area contributed by atoms with E-state index in [1.807, 2.05) is 18.2 Å². The van der Waals surface area contributed by atoms with Crippen molar-refractivity contribution in [1.29, 1.82) is 0 Å². The van der Waals surface area contributed by atoms with Crippen molar-refractivity contribution in [2.24, 2.45) is 0 Å². The molecule has 0 atom stereocenters. The van der Waals surface area contributed by atoms with Gasteiger partial charge in [-0.25, -0.2) is 4.98 Å². The lowest BCUT2D eigenvalue weighted by Gasteiger charge is -2.14. The molecular formula is C15H16ClNO2. The number of fused-ring (bicyclic) bond motifs is 1. The summed E-state index contributed by atoms with van der Waals surface area (Å²) >= 11 is 6.29.